The fourth-order valence-electron chi connectivity index (χ4n) is 2.37. The SMILES string of the molecule is CC(C)(C)OC(=O)N1CCC(Oc2cccc(F)c2N=C(N)CCl)C1. The number of rotatable bonds is 4. The first-order valence-corrected chi connectivity index (χ1v) is 8.55. The smallest absolute Gasteiger partial charge is 0.410 e. The van der Waals surface area contributed by atoms with Gasteiger partial charge >= 0.3 is 6.09 Å². The average molecular weight is 372 g/mol. The average Bonchev–Trinajstić information content (AvgIpc) is 2.97. The lowest BCUT2D eigenvalue weighted by Gasteiger charge is -2.24. The van der Waals surface area contributed by atoms with E-state index in [1.165, 1.54) is 12.1 Å². The van der Waals surface area contributed by atoms with Crippen LogP contribution in [0.15, 0.2) is 23.2 Å². The van der Waals surface area contributed by atoms with Crippen LogP contribution in [-0.2, 0) is 4.74 Å². The molecule has 0 radical (unpaired) electrons. The Kier molecular flexibility index (Phi) is 6.11. The van der Waals surface area contributed by atoms with Crippen LogP contribution in [0, 0.1) is 5.82 Å². The quantitative estimate of drug-likeness (QED) is 0.499. The maximum absolute atomic E-state index is 14.0. The second-order valence-electron chi connectivity index (χ2n) is 6.78. The third kappa shape index (κ3) is 5.49. The number of halogens is 2. The molecular weight excluding hydrogens is 349 g/mol. The second-order valence-corrected chi connectivity index (χ2v) is 7.05. The van der Waals surface area contributed by atoms with Gasteiger partial charge in [-0.1, -0.05) is 6.07 Å². The number of amides is 1. The van der Waals surface area contributed by atoms with Crippen molar-refractivity contribution in [1.29, 1.82) is 0 Å². The summed E-state index contributed by atoms with van der Waals surface area (Å²) in [6.07, 6.45) is -0.0489. The van der Waals surface area contributed by atoms with Crippen molar-refractivity contribution in [3.05, 3.63) is 24.0 Å². The summed E-state index contributed by atoms with van der Waals surface area (Å²) in [5.74, 6) is -0.195. The Morgan fingerprint density at radius 3 is 2.84 bits per heavy atom. The van der Waals surface area contributed by atoms with E-state index in [0.717, 1.165) is 0 Å². The summed E-state index contributed by atoms with van der Waals surface area (Å²) in [6.45, 7) is 6.31. The van der Waals surface area contributed by atoms with Crippen LogP contribution in [0.2, 0.25) is 0 Å². The van der Waals surface area contributed by atoms with Gasteiger partial charge in [-0.25, -0.2) is 14.2 Å². The highest BCUT2D eigenvalue weighted by Crippen LogP contribution is 2.32. The van der Waals surface area contributed by atoms with Gasteiger partial charge in [0.05, 0.1) is 12.4 Å². The first-order chi connectivity index (χ1) is 11.7. The number of carbonyl (C=O) groups is 1. The van der Waals surface area contributed by atoms with Gasteiger partial charge in [0.1, 0.15) is 29.0 Å². The van der Waals surface area contributed by atoms with E-state index >= 15 is 0 Å². The number of amidine groups is 1. The van der Waals surface area contributed by atoms with E-state index in [1.807, 2.05) is 20.8 Å². The van der Waals surface area contributed by atoms with E-state index in [2.05, 4.69) is 4.99 Å². The van der Waals surface area contributed by atoms with Gasteiger partial charge in [0, 0.05) is 13.0 Å². The molecular formula is C17H23ClFN3O3. The molecule has 2 rings (SSSR count). The van der Waals surface area contributed by atoms with E-state index in [0.29, 0.717) is 19.5 Å². The molecule has 1 aliphatic heterocycles. The number of hydrogen-bond donors (Lipinski definition) is 1. The highest BCUT2D eigenvalue weighted by Gasteiger charge is 2.31. The van der Waals surface area contributed by atoms with Gasteiger partial charge in [-0.3, -0.25) is 0 Å². The second kappa shape index (κ2) is 7.91. The Balaban J connectivity index is 2.07. The van der Waals surface area contributed by atoms with Crippen LogP contribution in [0.3, 0.4) is 0 Å². The lowest BCUT2D eigenvalue weighted by molar-refractivity contribution is 0.0276. The summed E-state index contributed by atoms with van der Waals surface area (Å²) in [5.41, 5.74) is 5.05. The lowest BCUT2D eigenvalue weighted by Crippen LogP contribution is -2.36. The molecule has 0 bridgehead atoms. The number of hydrogen-bond acceptors (Lipinski definition) is 4. The molecule has 0 aromatic heterocycles. The molecule has 0 spiro atoms. The Bertz CT molecular complexity index is 661. The summed E-state index contributed by atoms with van der Waals surface area (Å²) in [6, 6.07) is 4.41. The Hall–Kier alpha value is -2.02. The molecule has 1 fully saturated rings. The number of nitrogens with zero attached hydrogens (tertiary/aromatic N) is 2. The highest BCUT2D eigenvalue weighted by atomic mass is 35.5. The van der Waals surface area contributed by atoms with Gasteiger partial charge in [0.2, 0.25) is 0 Å². The fraction of sp³-hybridized carbons (Fsp3) is 0.529. The van der Waals surface area contributed by atoms with Crippen molar-refractivity contribution in [2.75, 3.05) is 19.0 Å². The molecule has 6 nitrogen and oxygen atoms in total. The number of benzene rings is 1. The Morgan fingerprint density at radius 1 is 1.48 bits per heavy atom. The third-order valence-electron chi connectivity index (χ3n) is 3.43. The summed E-state index contributed by atoms with van der Waals surface area (Å²) in [5, 5.41) is 0. The summed E-state index contributed by atoms with van der Waals surface area (Å²) >= 11 is 5.61. The van der Waals surface area contributed by atoms with E-state index in [4.69, 9.17) is 26.8 Å². The first-order valence-electron chi connectivity index (χ1n) is 8.01. The van der Waals surface area contributed by atoms with Crippen molar-refractivity contribution in [3.8, 4) is 5.75 Å². The van der Waals surface area contributed by atoms with Crippen LogP contribution in [0.4, 0.5) is 14.9 Å². The van der Waals surface area contributed by atoms with E-state index in [9.17, 15) is 9.18 Å². The van der Waals surface area contributed by atoms with Gasteiger partial charge in [0.25, 0.3) is 0 Å². The van der Waals surface area contributed by atoms with E-state index in [1.54, 1.807) is 11.0 Å². The molecule has 138 valence electrons. The van der Waals surface area contributed by atoms with Crippen molar-refractivity contribution >= 4 is 29.2 Å². The van der Waals surface area contributed by atoms with Crippen molar-refractivity contribution in [1.82, 2.24) is 4.90 Å². The topological polar surface area (TPSA) is 77.1 Å². The zero-order valence-corrected chi connectivity index (χ0v) is 15.3. The molecule has 0 saturated carbocycles. The molecule has 0 aliphatic carbocycles. The molecule has 1 atom stereocenters. The number of carbonyl (C=O) groups excluding carboxylic acids is 1. The standard InChI is InChI=1S/C17H23ClFN3O3/c1-17(2,3)25-16(23)22-8-7-11(10-22)24-13-6-4-5-12(19)15(13)21-14(20)9-18/h4-6,11H,7-10H2,1-3H3,(H2,20,21). The predicted molar refractivity (Wildman–Crippen MR) is 95.2 cm³/mol. The Morgan fingerprint density at radius 2 is 2.20 bits per heavy atom. The molecule has 1 heterocycles. The normalized spacial score (nSPS) is 18.4. The van der Waals surface area contributed by atoms with Crippen molar-refractivity contribution < 1.29 is 18.7 Å². The third-order valence-corrected chi connectivity index (χ3v) is 3.71. The number of nitrogens with two attached hydrogens (primary N) is 1. The van der Waals surface area contributed by atoms with Crippen molar-refractivity contribution in [3.63, 3.8) is 0 Å². The minimum absolute atomic E-state index is 0.0103. The molecule has 8 heteroatoms. The molecule has 1 saturated heterocycles. The fourth-order valence-corrected chi connectivity index (χ4v) is 2.43. The minimum Gasteiger partial charge on any atom is -0.486 e. The molecule has 1 aromatic carbocycles. The first kappa shape index (κ1) is 19.3. The summed E-state index contributed by atoms with van der Waals surface area (Å²) in [4.78, 5) is 17.7. The largest absolute Gasteiger partial charge is 0.486 e. The number of alkyl halides is 1. The van der Waals surface area contributed by atoms with Crippen LogP contribution in [0.1, 0.15) is 27.2 Å². The zero-order chi connectivity index (χ0) is 18.6. The van der Waals surface area contributed by atoms with Crippen LogP contribution in [0.5, 0.6) is 5.75 Å². The van der Waals surface area contributed by atoms with Gasteiger partial charge in [-0.15, -0.1) is 11.6 Å². The molecule has 1 unspecified atom stereocenters. The van der Waals surface area contributed by atoms with Crippen molar-refractivity contribution in [2.45, 2.75) is 38.9 Å². The molecule has 1 aliphatic rings. The van der Waals surface area contributed by atoms with Crippen LogP contribution in [-0.4, -0.2) is 47.5 Å². The van der Waals surface area contributed by atoms with Crippen LogP contribution in [0.25, 0.3) is 0 Å². The maximum Gasteiger partial charge on any atom is 0.410 e. The van der Waals surface area contributed by atoms with Gasteiger partial charge in [0.15, 0.2) is 5.82 Å². The number of aliphatic imine (C=N–C) groups is 1. The number of likely N-dealkylation sites (tertiary alicyclic amines) is 1. The molecule has 1 amide bonds. The number of ether oxygens (including phenoxy) is 2. The van der Waals surface area contributed by atoms with E-state index in [-0.39, 0.29) is 35.3 Å². The van der Waals surface area contributed by atoms with Gasteiger partial charge < -0.3 is 20.1 Å². The Labute approximate surface area is 151 Å². The van der Waals surface area contributed by atoms with E-state index < -0.39 is 11.4 Å². The van der Waals surface area contributed by atoms with Crippen LogP contribution >= 0.6 is 11.6 Å². The molecule has 25 heavy (non-hydrogen) atoms. The molecule has 2 N–H and O–H groups in total. The van der Waals surface area contributed by atoms with Crippen molar-refractivity contribution in [2.24, 2.45) is 10.7 Å². The minimum atomic E-state index is -0.556. The van der Waals surface area contributed by atoms with Gasteiger partial charge in [-0.05, 0) is 32.9 Å². The molecule has 1 aromatic rings. The summed E-state index contributed by atoms with van der Waals surface area (Å²) in [7, 11) is 0. The maximum atomic E-state index is 14.0. The number of para-hydroxylation sites is 1. The highest BCUT2D eigenvalue weighted by molar-refractivity contribution is 6.28. The predicted octanol–water partition coefficient (Wildman–Crippen LogP) is 3.44. The van der Waals surface area contributed by atoms with Crippen LogP contribution < -0.4 is 10.5 Å². The monoisotopic (exact) mass is 371 g/mol. The van der Waals surface area contributed by atoms with Gasteiger partial charge in [-0.2, -0.15) is 0 Å². The summed E-state index contributed by atoms with van der Waals surface area (Å²) < 4.78 is 25.2. The zero-order valence-electron chi connectivity index (χ0n) is 14.6. The lowest BCUT2D eigenvalue weighted by atomic mass is 10.2.